The van der Waals surface area contributed by atoms with Crippen LogP contribution in [0.4, 0.5) is 0 Å². The van der Waals surface area contributed by atoms with Gasteiger partial charge < -0.3 is 19.7 Å². The number of aryl methyl sites for hydroxylation is 2. The maximum Gasteiger partial charge on any atom is 0.306 e. The lowest BCUT2D eigenvalue weighted by atomic mass is 9.88. The number of carbonyl (C=O) groups is 2. The summed E-state index contributed by atoms with van der Waals surface area (Å²) in [5, 5.41) is 21.7. The van der Waals surface area contributed by atoms with Crippen molar-refractivity contribution in [3.63, 3.8) is 0 Å². The van der Waals surface area contributed by atoms with Gasteiger partial charge in [-0.15, -0.1) is 0 Å². The number of hydrogen-bond acceptors (Lipinski definition) is 6. The topological polar surface area (TPSA) is 93.1 Å². The molecule has 0 unspecified atom stereocenters. The maximum atomic E-state index is 12.4. The van der Waals surface area contributed by atoms with Crippen LogP contribution in [0.1, 0.15) is 185 Å². The fraction of sp³-hybridized carbons (Fsp3) is 0.682. The molecule has 0 radical (unpaired) electrons. The van der Waals surface area contributed by atoms with Crippen LogP contribution in [0.15, 0.2) is 12.1 Å². The minimum atomic E-state index is -0.149. The first-order chi connectivity index (χ1) is 24.2. The van der Waals surface area contributed by atoms with Gasteiger partial charge in [-0.05, 0) is 135 Å². The summed E-state index contributed by atoms with van der Waals surface area (Å²) in [4.78, 5) is 24.8. The van der Waals surface area contributed by atoms with Gasteiger partial charge in [0.2, 0.25) is 0 Å². The fourth-order valence-electron chi connectivity index (χ4n) is 8.54. The summed E-state index contributed by atoms with van der Waals surface area (Å²) in [7, 11) is 0. The first-order valence-electron chi connectivity index (χ1n) is 20.1. The molecule has 6 nitrogen and oxygen atoms in total. The van der Waals surface area contributed by atoms with Gasteiger partial charge in [0, 0.05) is 12.8 Å². The number of phenolic OH excluding ortho intramolecular Hbond substituents is 2. The van der Waals surface area contributed by atoms with Crippen molar-refractivity contribution in [2.45, 2.75) is 181 Å². The Balaban J connectivity index is 0.952. The van der Waals surface area contributed by atoms with E-state index in [2.05, 4.69) is 26.0 Å². The van der Waals surface area contributed by atoms with Gasteiger partial charge >= 0.3 is 11.9 Å². The molecule has 278 valence electrons. The van der Waals surface area contributed by atoms with Crippen molar-refractivity contribution in [3.8, 4) is 11.5 Å². The molecule has 6 heteroatoms. The number of rotatable bonds is 21. The molecular weight excluding hydrogens is 624 g/mol. The van der Waals surface area contributed by atoms with Crippen molar-refractivity contribution in [2.75, 3.05) is 13.2 Å². The minimum Gasteiger partial charge on any atom is -0.507 e. The normalized spacial score (nSPS) is 15.2. The highest BCUT2D eigenvalue weighted by molar-refractivity contribution is 5.70. The van der Waals surface area contributed by atoms with Crippen LogP contribution in [-0.2, 0) is 31.9 Å². The molecule has 0 saturated heterocycles. The predicted octanol–water partition coefficient (Wildman–Crippen LogP) is 11.2. The third-order valence-electron chi connectivity index (χ3n) is 11.7. The first-order valence-corrected chi connectivity index (χ1v) is 20.1. The Morgan fingerprint density at radius 3 is 1.22 bits per heavy atom. The van der Waals surface area contributed by atoms with E-state index in [1.807, 2.05) is 13.8 Å². The summed E-state index contributed by atoms with van der Waals surface area (Å²) in [5.74, 6) is 1.51. The quantitative estimate of drug-likeness (QED) is 0.100. The second kappa shape index (κ2) is 20.7. The van der Waals surface area contributed by atoms with E-state index in [1.54, 1.807) is 0 Å². The minimum absolute atomic E-state index is 0.149. The van der Waals surface area contributed by atoms with E-state index >= 15 is 0 Å². The monoisotopic (exact) mass is 690 g/mol. The number of esters is 2. The number of unbranched alkanes of at least 4 members (excludes halogenated alkanes) is 9. The fourth-order valence-corrected chi connectivity index (χ4v) is 8.54. The summed E-state index contributed by atoms with van der Waals surface area (Å²) in [5.41, 5.74) is 8.55. The number of ether oxygens (including phenoxy) is 2. The molecule has 2 fully saturated rings. The van der Waals surface area contributed by atoms with E-state index in [0.717, 1.165) is 84.7 Å². The molecule has 0 aliphatic heterocycles. The van der Waals surface area contributed by atoms with Crippen LogP contribution in [0.25, 0.3) is 0 Å². The molecule has 2 aromatic carbocycles. The van der Waals surface area contributed by atoms with E-state index in [9.17, 15) is 19.8 Å². The summed E-state index contributed by atoms with van der Waals surface area (Å²) in [6.45, 7) is 9.14. The van der Waals surface area contributed by atoms with E-state index < -0.39 is 0 Å². The zero-order valence-corrected chi connectivity index (χ0v) is 31.8. The highest BCUT2D eigenvalue weighted by Crippen LogP contribution is 2.43. The van der Waals surface area contributed by atoms with E-state index in [4.69, 9.17) is 9.47 Å². The van der Waals surface area contributed by atoms with Crippen LogP contribution in [0.2, 0.25) is 0 Å². The Bertz CT molecular complexity index is 1280. The van der Waals surface area contributed by atoms with Crippen LogP contribution >= 0.6 is 0 Å². The van der Waals surface area contributed by atoms with Gasteiger partial charge in [-0.2, -0.15) is 0 Å². The summed E-state index contributed by atoms with van der Waals surface area (Å²) in [6.07, 6.45) is 22.7. The Morgan fingerprint density at radius 1 is 0.560 bits per heavy atom. The molecule has 2 aromatic rings. The molecule has 50 heavy (non-hydrogen) atoms. The zero-order valence-electron chi connectivity index (χ0n) is 31.8. The van der Waals surface area contributed by atoms with Gasteiger partial charge in [0.1, 0.15) is 11.5 Å². The maximum absolute atomic E-state index is 12.4. The molecule has 0 heterocycles. The molecule has 2 aliphatic rings. The van der Waals surface area contributed by atoms with Gasteiger partial charge in [0.15, 0.2) is 0 Å². The molecule has 4 rings (SSSR count). The highest BCUT2D eigenvalue weighted by Gasteiger charge is 2.24. The van der Waals surface area contributed by atoms with Crippen molar-refractivity contribution in [1.29, 1.82) is 0 Å². The smallest absolute Gasteiger partial charge is 0.306 e. The van der Waals surface area contributed by atoms with Crippen molar-refractivity contribution in [2.24, 2.45) is 0 Å². The van der Waals surface area contributed by atoms with Gasteiger partial charge in [0.25, 0.3) is 0 Å². The predicted molar refractivity (Wildman–Crippen MR) is 202 cm³/mol. The number of aromatic hydroxyl groups is 2. The Labute approximate surface area is 302 Å². The zero-order chi connectivity index (χ0) is 35.9. The lowest BCUT2D eigenvalue weighted by Gasteiger charge is -2.19. The highest BCUT2D eigenvalue weighted by atomic mass is 16.5. The van der Waals surface area contributed by atoms with Crippen LogP contribution in [0.5, 0.6) is 11.5 Å². The Kier molecular flexibility index (Phi) is 16.5. The van der Waals surface area contributed by atoms with Crippen LogP contribution in [-0.4, -0.2) is 35.4 Å². The average Bonchev–Trinajstić information content (AvgIpc) is 3.84. The van der Waals surface area contributed by atoms with E-state index in [1.165, 1.54) is 75.3 Å². The Morgan fingerprint density at radius 2 is 0.880 bits per heavy atom. The number of benzene rings is 2. The summed E-state index contributed by atoms with van der Waals surface area (Å²) in [6, 6.07) is 4.29. The van der Waals surface area contributed by atoms with Gasteiger partial charge in [-0.3, -0.25) is 9.59 Å². The van der Waals surface area contributed by atoms with Gasteiger partial charge in [-0.1, -0.05) is 89.2 Å². The van der Waals surface area contributed by atoms with E-state index in [0.29, 0.717) is 62.2 Å². The van der Waals surface area contributed by atoms with Gasteiger partial charge in [-0.25, -0.2) is 0 Å². The summed E-state index contributed by atoms with van der Waals surface area (Å²) < 4.78 is 11.0. The third-order valence-corrected chi connectivity index (χ3v) is 11.7. The molecule has 0 atom stereocenters. The number of hydrogen-bond donors (Lipinski definition) is 2. The molecule has 2 N–H and O–H groups in total. The molecule has 2 saturated carbocycles. The van der Waals surface area contributed by atoms with Crippen molar-refractivity contribution in [1.82, 2.24) is 0 Å². The Hall–Kier alpha value is -3.02. The van der Waals surface area contributed by atoms with Gasteiger partial charge in [0.05, 0.1) is 13.2 Å². The molecule has 0 aromatic heterocycles. The lowest BCUT2D eigenvalue weighted by molar-refractivity contribution is -0.144. The molecule has 0 amide bonds. The van der Waals surface area contributed by atoms with E-state index in [-0.39, 0.29) is 11.9 Å². The van der Waals surface area contributed by atoms with Crippen molar-refractivity contribution in [3.05, 3.63) is 56.6 Å². The SMILES string of the molecule is Cc1cc(C2CCCC2)c(O)c(C)c1CCC(=O)OCCCCCCCCCCCCOC(=O)CCc1c(C)cc(C2CCCC2)c(O)c1C. The second-order valence-corrected chi connectivity index (χ2v) is 15.4. The second-order valence-electron chi connectivity index (χ2n) is 15.4. The molecule has 0 spiro atoms. The third kappa shape index (κ3) is 11.8. The summed E-state index contributed by atoms with van der Waals surface area (Å²) >= 11 is 0. The molecule has 0 bridgehead atoms. The number of carbonyl (C=O) groups excluding carboxylic acids is 2. The van der Waals surface area contributed by atoms with Crippen molar-refractivity contribution < 1.29 is 29.3 Å². The average molecular weight is 691 g/mol. The van der Waals surface area contributed by atoms with Crippen LogP contribution in [0.3, 0.4) is 0 Å². The van der Waals surface area contributed by atoms with Crippen LogP contribution in [0, 0.1) is 27.7 Å². The van der Waals surface area contributed by atoms with Crippen molar-refractivity contribution >= 4 is 11.9 Å². The number of phenols is 2. The molecule has 2 aliphatic carbocycles. The molecular formula is C44H66O6. The standard InChI is InChI=1S/C44H66O6/c1-31-29-39(35-19-13-14-20-35)43(47)33(3)37(31)23-25-41(45)49-27-17-11-9-7-5-6-8-10-12-18-28-50-42(46)26-24-38-32(2)30-40(44(48)34(38)4)36-21-15-16-22-36/h29-30,35-36,47-48H,5-28H2,1-4H3. The lowest BCUT2D eigenvalue weighted by Crippen LogP contribution is -2.09. The van der Waals surface area contributed by atoms with Crippen LogP contribution < -0.4 is 0 Å². The first kappa shape index (κ1) is 39.8. The largest absolute Gasteiger partial charge is 0.507 e.